The van der Waals surface area contributed by atoms with Crippen LogP contribution in [0.25, 0.3) is 0 Å². The molecule has 2 N–H and O–H groups in total. The fraction of sp³-hybridized carbons (Fsp3) is 0.600. The number of fused-ring (bicyclic) bond motifs is 1. The van der Waals surface area contributed by atoms with E-state index < -0.39 is 10.0 Å². The van der Waals surface area contributed by atoms with Gasteiger partial charge in [0.25, 0.3) is 0 Å². The summed E-state index contributed by atoms with van der Waals surface area (Å²) in [5, 5.41) is 0. The molecular formula is C15H22N2O3S. The van der Waals surface area contributed by atoms with Gasteiger partial charge in [-0.05, 0) is 49.3 Å². The molecule has 0 bridgehead atoms. The fourth-order valence-corrected chi connectivity index (χ4v) is 4.97. The van der Waals surface area contributed by atoms with Crippen LogP contribution in [-0.2, 0) is 16.4 Å². The molecule has 1 atom stereocenters. The number of ether oxygens (including phenoxy) is 1. The van der Waals surface area contributed by atoms with Gasteiger partial charge in [-0.2, -0.15) is 4.31 Å². The van der Waals surface area contributed by atoms with Gasteiger partial charge in [0.05, 0.1) is 6.61 Å². The topological polar surface area (TPSA) is 72.6 Å². The first-order chi connectivity index (χ1) is 9.98. The summed E-state index contributed by atoms with van der Waals surface area (Å²) < 4.78 is 33.1. The van der Waals surface area contributed by atoms with Gasteiger partial charge in [-0.15, -0.1) is 0 Å². The van der Waals surface area contributed by atoms with Crippen molar-refractivity contribution in [3.63, 3.8) is 0 Å². The van der Waals surface area contributed by atoms with Crippen molar-refractivity contribution in [2.45, 2.75) is 37.5 Å². The van der Waals surface area contributed by atoms with E-state index in [9.17, 15) is 8.42 Å². The lowest BCUT2D eigenvalue weighted by molar-refractivity contribution is 0.269. The lowest BCUT2D eigenvalue weighted by atomic mass is 10.0. The number of nitrogens with zero attached hydrogens (tertiary/aromatic N) is 1. The number of nitrogens with two attached hydrogens (primary N) is 1. The first-order valence-corrected chi connectivity index (χ1v) is 8.98. The highest BCUT2D eigenvalue weighted by Crippen LogP contribution is 2.37. The summed E-state index contributed by atoms with van der Waals surface area (Å²) in [6.45, 7) is 3.81. The predicted molar refractivity (Wildman–Crippen MR) is 81.8 cm³/mol. The number of hydrogen-bond acceptors (Lipinski definition) is 4. The molecule has 0 amide bonds. The van der Waals surface area contributed by atoms with Crippen LogP contribution < -0.4 is 10.5 Å². The minimum atomic E-state index is -3.53. The third-order valence-electron chi connectivity index (χ3n) is 4.23. The summed E-state index contributed by atoms with van der Waals surface area (Å²) in [5.41, 5.74) is 7.29. The van der Waals surface area contributed by atoms with Gasteiger partial charge >= 0.3 is 0 Å². The van der Waals surface area contributed by atoms with E-state index in [1.807, 2.05) is 6.07 Å². The molecule has 116 valence electrons. The maximum absolute atomic E-state index is 12.9. The lowest BCUT2D eigenvalue weighted by Gasteiger charge is -2.31. The van der Waals surface area contributed by atoms with E-state index in [2.05, 4.69) is 6.92 Å². The van der Waals surface area contributed by atoms with Crippen molar-refractivity contribution >= 4 is 15.7 Å². The second kappa shape index (κ2) is 5.50. The van der Waals surface area contributed by atoms with Crippen LogP contribution in [0, 0.1) is 5.92 Å². The molecule has 6 heteroatoms. The standard InChI is InChI=1S/C15H22N2O3S/c1-11-4-2-6-17(10-11)21(18,19)14-9-13(16)8-12-5-3-7-20-15(12)14/h8-9,11H,2-7,10,16H2,1H3. The van der Waals surface area contributed by atoms with E-state index in [1.54, 1.807) is 10.4 Å². The van der Waals surface area contributed by atoms with Crippen LogP contribution in [0.1, 0.15) is 31.7 Å². The number of piperidine rings is 1. The zero-order valence-electron chi connectivity index (χ0n) is 12.3. The summed E-state index contributed by atoms with van der Waals surface area (Å²) in [4.78, 5) is 0.242. The van der Waals surface area contributed by atoms with E-state index in [0.29, 0.717) is 37.1 Å². The zero-order chi connectivity index (χ0) is 15.0. The Kier molecular flexibility index (Phi) is 3.84. The molecule has 21 heavy (non-hydrogen) atoms. The van der Waals surface area contributed by atoms with Gasteiger partial charge in [0, 0.05) is 18.8 Å². The normalized spacial score (nSPS) is 23.4. The Morgan fingerprint density at radius 1 is 1.33 bits per heavy atom. The second-order valence-electron chi connectivity index (χ2n) is 6.07. The number of nitrogen functional groups attached to an aromatic ring is 1. The number of benzene rings is 1. The molecule has 0 radical (unpaired) electrons. The molecule has 1 unspecified atom stereocenters. The monoisotopic (exact) mass is 310 g/mol. The highest BCUT2D eigenvalue weighted by molar-refractivity contribution is 7.89. The Morgan fingerprint density at radius 2 is 2.14 bits per heavy atom. The van der Waals surface area contributed by atoms with Crippen LogP contribution >= 0.6 is 0 Å². The molecule has 2 heterocycles. The van der Waals surface area contributed by atoms with E-state index in [0.717, 1.165) is 31.2 Å². The Bertz CT molecular complexity index is 643. The van der Waals surface area contributed by atoms with Gasteiger partial charge < -0.3 is 10.5 Å². The molecule has 0 aliphatic carbocycles. The molecule has 1 aromatic carbocycles. The number of hydrogen-bond donors (Lipinski definition) is 1. The molecule has 1 fully saturated rings. The first-order valence-electron chi connectivity index (χ1n) is 7.54. The minimum absolute atomic E-state index is 0.242. The average molecular weight is 310 g/mol. The van der Waals surface area contributed by atoms with Crippen molar-refractivity contribution in [2.75, 3.05) is 25.4 Å². The molecule has 1 saturated heterocycles. The third-order valence-corrected chi connectivity index (χ3v) is 6.10. The van der Waals surface area contributed by atoms with Crippen LogP contribution in [0.2, 0.25) is 0 Å². The summed E-state index contributed by atoms with van der Waals surface area (Å²) in [6.07, 6.45) is 3.71. The quantitative estimate of drug-likeness (QED) is 0.848. The third kappa shape index (κ3) is 2.74. The van der Waals surface area contributed by atoms with Gasteiger partial charge in [0.2, 0.25) is 10.0 Å². The minimum Gasteiger partial charge on any atom is -0.492 e. The van der Waals surface area contributed by atoms with E-state index in [4.69, 9.17) is 10.5 Å². The summed E-state index contributed by atoms with van der Waals surface area (Å²) in [6, 6.07) is 3.37. The molecule has 2 aliphatic rings. The van der Waals surface area contributed by atoms with E-state index >= 15 is 0 Å². The maximum atomic E-state index is 12.9. The molecule has 0 aromatic heterocycles. The lowest BCUT2D eigenvalue weighted by Crippen LogP contribution is -2.39. The summed E-state index contributed by atoms with van der Waals surface area (Å²) in [7, 11) is -3.53. The number of sulfonamides is 1. The van der Waals surface area contributed by atoms with Crippen molar-refractivity contribution < 1.29 is 13.2 Å². The summed E-state index contributed by atoms with van der Waals surface area (Å²) >= 11 is 0. The molecule has 0 spiro atoms. The van der Waals surface area contributed by atoms with Gasteiger partial charge in [0.15, 0.2) is 0 Å². The van der Waals surface area contributed by atoms with Crippen molar-refractivity contribution in [3.8, 4) is 5.75 Å². The second-order valence-corrected chi connectivity index (χ2v) is 7.98. The van der Waals surface area contributed by atoms with Gasteiger partial charge in [-0.3, -0.25) is 0 Å². The largest absolute Gasteiger partial charge is 0.492 e. The highest BCUT2D eigenvalue weighted by atomic mass is 32.2. The number of rotatable bonds is 2. The molecule has 1 aromatic rings. The van der Waals surface area contributed by atoms with Crippen LogP contribution in [0.3, 0.4) is 0 Å². The van der Waals surface area contributed by atoms with Crippen molar-refractivity contribution in [1.82, 2.24) is 4.31 Å². The number of anilines is 1. The van der Waals surface area contributed by atoms with Crippen molar-refractivity contribution in [3.05, 3.63) is 17.7 Å². The van der Waals surface area contributed by atoms with Gasteiger partial charge in [0.1, 0.15) is 10.6 Å². The SMILES string of the molecule is CC1CCCN(S(=O)(=O)c2cc(N)cc3c2OCCC3)C1. The molecular weight excluding hydrogens is 288 g/mol. The molecule has 0 saturated carbocycles. The van der Waals surface area contributed by atoms with Crippen molar-refractivity contribution in [2.24, 2.45) is 5.92 Å². The Hall–Kier alpha value is -1.27. The molecule has 5 nitrogen and oxygen atoms in total. The fourth-order valence-electron chi connectivity index (χ4n) is 3.17. The predicted octanol–water partition coefficient (Wildman–Crippen LogP) is 2.01. The van der Waals surface area contributed by atoms with Crippen molar-refractivity contribution in [1.29, 1.82) is 0 Å². The smallest absolute Gasteiger partial charge is 0.246 e. The Labute approximate surface area is 126 Å². The Morgan fingerprint density at radius 3 is 2.90 bits per heavy atom. The van der Waals surface area contributed by atoms with E-state index in [-0.39, 0.29) is 4.90 Å². The average Bonchev–Trinajstić information content (AvgIpc) is 2.46. The molecule has 2 aliphatic heterocycles. The van der Waals surface area contributed by atoms with Crippen LogP contribution in [0.15, 0.2) is 17.0 Å². The zero-order valence-corrected chi connectivity index (χ0v) is 13.2. The van der Waals surface area contributed by atoms with Crippen LogP contribution in [0.5, 0.6) is 5.75 Å². The van der Waals surface area contributed by atoms with Gasteiger partial charge in [-0.1, -0.05) is 6.92 Å². The number of aryl methyl sites for hydroxylation is 1. The van der Waals surface area contributed by atoms with Gasteiger partial charge in [-0.25, -0.2) is 8.42 Å². The Balaban J connectivity index is 2.04. The van der Waals surface area contributed by atoms with E-state index in [1.165, 1.54) is 0 Å². The highest BCUT2D eigenvalue weighted by Gasteiger charge is 2.33. The molecule has 3 rings (SSSR count). The maximum Gasteiger partial charge on any atom is 0.246 e. The van der Waals surface area contributed by atoms with Crippen LogP contribution in [0.4, 0.5) is 5.69 Å². The first kappa shape index (κ1) is 14.7. The summed E-state index contributed by atoms with van der Waals surface area (Å²) in [5.74, 6) is 0.903. The van der Waals surface area contributed by atoms with Crippen LogP contribution in [-0.4, -0.2) is 32.4 Å².